The van der Waals surface area contributed by atoms with E-state index in [0.717, 1.165) is 7.11 Å². The fraction of sp³-hybridized carbons (Fsp3) is 0.190. The first-order chi connectivity index (χ1) is 14.2. The predicted molar refractivity (Wildman–Crippen MR) is 101 cm³/mol. The van der Waals surface area contributed by atoms with Gasteiger partial charge in [0.15, 0.2) is 0 Å². The molecule has 1 N–H and O–H groups in total. The fourth-order valence-electron chi connectivity index (χ4n) is 3.31. The summed E-state index contributed by atoms with van der Waals surface area (Å²) >= 11 is 0. The molecule has 30 heavy (non-hydrogen) atoms. The van der Waals surface area contributed by atoms with Crippen molar-refractivity contribution in [3.8, 4) is 6.07 Å². The lowest BCUT2D eigenvalue weighted by Gasteiger charge is -2.29. The number of rotatable bonds is 3. The molecule has 1 aliphatic rings. The average Bonchev–Trinajstić information content (AvgIpc) is 2.73. The first kappa shape index (κ1) is 20.9. The molecule has 2 aromatic carbocycles. The molecule has 0 bridgehead atoms. The first-order valence-corrected chi connectivity index (χ1v) is 8.73. The second-order valence-corrected chi connectivity index (χ2v) is 6.41. The van der Waals surface area contributed by atoms with Crippen molar-refractivity contribution in [2.24, 2.45) is 0 Å². The van der Waals surface area contributed by atoms with Crippen molar-refractivity contribution < 1.29 is 32.6 Å². The molecule has 0 aliphatic heterocycles. The summed E-state index contributed by atoms with van der Waals surface area (Å²) in [7, 11) is 1.12. The number of halogens is 3. The van der Waals surface area contributed by atoms with E-state index in [2.05, 4.69) is 4.74 Å². The van der Waals surface area contributed by atoms with Gasteiger partial charge >= 0.3 is 18.1 Å². The highest BCUT2D eigenvalue weighted by Gasteiger charge is 2.44. The third-order valence-corrected chi connectivity index (χ3v) is 4.65. The number of fused-ring (bicyclic) bond motifs is 1. The molecule has 0 spiro atoms. The summed E-state index contributed by atoms with van der Waals surface area (Å²) < 4.78 is 44.9. The van der Waals surface area contributed by atoms with Gasteiger partial charge in [-0.15, -0.1) is 0 Å². The average molecular weight is 416 g/mol. The summed E-state index contributed by atoms with van der Waals surface area (Å²) in [5.74, 6) is -3.20. The molecule has 0 aromatic heterocycles. The van der Waals surface area contributed by atoms with Gasteiger partial charge in [-0.2, -0.15) is 18.4 Å². The number of hydrogen-bond donors (Lipinski definition) is 1. The Morgan fingerprint density at radius 2 is 1.80 bits per heavy atom. The van der Waals surface area contributed by atoms with Gasteiger partial charge in [0.2, 0.25) is 0 Å². The van der Waals surface area contributed by atoms with Crippen molar-refractivity contribution in [1.82, 2.24) is 0 Å². The Hall–Kier alpha value is -3.80. The standard InChI is InChI=1S/C21H15F3N2O4/c1-30-19(28)18-15-3-2-4-16(14(15)9-10-17(18)27)26(20(29)21(22,23)24)13-7-5-12(11-25)6-8-13/h2-8,27H,9-10H2,1H3. The number of alkyl halides is 3. The summed E-state index contributed by atoms with van der Waals surface area (Å²) in [6, 6.07) is 11.1. The van der Waals surface area contributed by atoms with Gasteiger partial charge in [-0.05, 0) is 47.9 Å². The molecule has 6 nitrogen and oxygen atoms in total. The van der Waals surface area contributed by atoms with Crippen LogP contribution in [0.1, 0.15) is 23.1 Å². The summed E-state index contributed by atoms with van der Waals surface area (Å²) in [6.07, 6.45) is -5.07. The molecule has 0 fully saturated rings. The van der Waals surface area contributed by atoms with Gasteiger partial charge in [-0.25, -0.2) is 4.79 Å². The van der Waals surface area contributed by atoms with Crippen molar-refractivity contribution in [1.29, 1.82) is 5.26 Å². The van der Waals surface area contributed by atoms with Gasteiger partial charge in [0.25, 0.3) is 0 Å². The highest BCUT2D eigenvalue weighted by atomic mass is 19.4. The molecule has 9 heteroatoms. The number of aliphatic hydroxyl groups excluding tert-OH is 1. The number of benzene rings is 2. The predicted octanol–water partition coefficient (Wildman–Crippen LogP) is 4.17. The molecule has 0 unspecified atom stereocenters. The minimum absolute atomic E-state index is 0.00410. The van der Waals surface area contributed by atoms with E-state index in [-0.39, 0.29) is 52.2 Å². The molecule has 1 aliphatic carbocycles. The highest BCUT2D eigenvalue weighted by Crippen LogP contribution is 2.40. The third kappa shape index (κ3) is 3.72. The van der Waals surface area contributed by atoms with E-state index < -0.39 is 18.1 Å². The number of nitrogens with zero attached hydrogens (tertiary/aromatic N) is 2. The van der Waals surface area contributed by atoms with E-state index >= 15 is 0 Å². The number of aliphatic hydroxyl groups is 1. The van der Waals surface area contributed by atoms with Gasteiger partial charge in [-0.3, -0.25) is 9.69 Å². The second-order valence-electron chi connectivity index (χ2n) is 6.41. The van der Waals surface area contributed by atoms with Gasteiger partial charge in [0.1, 0.15) is 11.3 Å². The number of ether oxygens (including phenoxy) is 1. The van der Waals surface area contributed by atoms with E-state index in [1.54, 1.807) is 0 Å². The normalized spacial score (nSPS) is 13.3. The van der Waals surface area contributed by atoms with Crippen molar-refractivity contribution in [3.63, 3.8) is 0 Å². The molecule has 1 amide bonds. The number of hydrogen-bond acceptors (Lipinski definition) is 5. The minimum atomic E-state index is -5.17. The van der Waals surface area contributed by atoms with Gasteiger partial charge < -0.3 is 9.84 Å². The summed E-state index contributed by atoms with van der Waals surface area (Å²) in [6.45, 7) is 0. The van der Waals surface area contributed by atoms with Gasteiger partial charge in [0, 0.05) is 12.1 Å². The van der Waals surface area contributed by atoms with Crippen molar-refractivity contribution in [2.75, 3.05) is 12.0 Å². The first-order valence-electron chi connectivity index (χ1n) is 8.73. The maximum Gasteiger partial charge on any atom is 0.472 e. The molecule has 0 atom stereocenters. The Morgan fingerprint density at radius 1 is 1.13 bits per heavy atom. The summed E-state index contributed by atoms with van der Waals surface area (Å²) in [5.41, 5.74) is 0.375. The van der Waals surface area contributed by atoms with E-state index in [9.17, 15) is 27.9 Å². The van der Waals surface area contributed by atoms with Crippen LogP contribution in [0.5, 0.6) is 0 Å². The number of amides is 1. The van der Waals surface area contributed by atoms with Crippen molar-refractivity contribution in [2.45, 2.75) is 19.0 Å². The lowest BCUT2D eigenvalue weighted by Crippen LogP contribution is -2.39. The highest BCUT2D eigenvalue weighted by molar-refractivity contribution is 6.18. The van der Waals surface area contributed by atoms with Crippen LogP contribution >= 0.6 is 0 Å². The molecule has 154 valence electrons. The Balaban J connectivity index is 2.23. The number of carbonyl (C=O) groups is 2. The van der Waals surface area contributed by atoms with Crippen molar-refractivity contribution in [3.05, 3.63) is 64.9 Å². The van der Waals surface area contributed by atoms with Crippen LogP contribution in [0, 0.1) is 11.3 Å². The van der Waals surface area contributed by atoms with E-state index in [1.807, 2.05) is 6.07 Å². The smallest absolute Gasteiger partial charge is 0.472 e. The Kier molecular flexibility index (Phi) is 5.52. The quantitative estimate of drug-likeness (QED) is 0.759. The van der Waals surface area contributed by atoms with Crippen LogP contribution in [0.2, 0.25) is 0 Å². The lowest BCUT2D eigenvalue weighted by atomic mass is 9.87. The monoisotopic (exact) mass is 416 g/mol. The zero-order valence-corrected chi connectivity index (χ0v) is 15.7. The molecular weight excluding hydrogens is 401 g/mol. The molecule has 0 saturated heterocycles. The van der Waals surface area contributed by atoms with Crippen LogP contribution < -0.4 is 4.90 Å². The summed E-state index contributed by atoms with van der Waals surface area (Å²) in [5, 5.41) is 19.1. The van der Waals surface area contributed by atoms with Crippen LogP contribution in [0.25, 0.3) is 5.57 Å². The zero-order chi connectivity index (χ0) is 22.1. The van der Waals surface area contributed by atoms with Crippen LogP contribution in [-0.4, -0.2) is 30.3 Å². The van der Waals surface area contributed by atoms with Gasteiger partial charge in [-0.1, -0.05) is 12.1 Å². The van der Waals surface area contributed by atoms with Crippen LogP contribution in [0.15, 0.2) is 48.2 Å². The maximum absolute atomic E-state index is 13.4. The van der Waals surface area contributed by atoms with E-state index in [1.165, 1.54) is 42.5 Å². The largest absolute Gasteiger partial charge is 0.511 e. The Morgan fingerprint density at radius 3 is 2.37 bits per heavy atom. The number of methoxy groups -OCH3 is 1. The SMILES string of the molecule is COC(=O)C1=C(O)CCc2c1cccc2N(C(=O)C(F)(F)F)c1ccc(C#N)cc1. The molecule has 0 saturated carbocycles. The Labute approximate surface area is 169 Å². The van der Waals surface area contributed by atoms with Crippen molar-refractivity contribution >= 4 is 28.8 Å². The Bertz CT molecular complexity index is 1080. The summed E-state index contributed by atoms with van der Waals surface area (Å²) in [4.78, 5) is 24.9. The number of nitriles is 1. The molecule has 0 heterocycles. The molecule has 0 radical (unpaired) electrons. The van der Waals surface area contributed by atoms with E-state index in [4.69, 9.17) is 5.26 Å². The number of anilines is 2. The maximum atomic E-state index is 13.4. The topological polar surface area (TPSA) is 90.6 Å². The minimum Gasteiger partial charge on any atom is -0.511 e. The fourth-order valence-corrected chi connectivity index (χ4v) is 3.31. The molecule has 3 rings (SSSR count). The van der Waals surface area contributed by atoms with Crippen LogP contribution in [0.3, 0.4) is 0 Å². The van der Waals surface area contributed by atoms with Gasteiger partial charge in [0.05, 0.1) is 24.4 Å². The lowest BCUT2D eigenvalue weighted by molar-refractivity contribution is -0.169. The molecular formula is C21H15F3N2O4. The second kappa shape index (κ2) is 7.91. The number of allylic oxidation sites excluding steroid dienone is 1. The molecule has 2 aromatic rings. The van der Waals surface area contributed by atoms with E-state index in [0.29, 0.717) is 4.90 Å². The third-order valence-electron chi connectivity index (χ3n) is 4.65. The number of esters is 1. The van der Waals surface area contributed by atoms with Crippen LogP contribution in [-0.2, 0) is 20.7 Å². The van der Waals surface area contributed by atoms with Crippen LogP contribution in [0.4, 0.5) is 24.5 Å². The number of carbonyl (C=O) groups excluding carboxylic acids is 2. The zero-order valence-electron chi connectivity index (χ0n) is 15.7.